The molecule has 0 aliphatic carbocycles. The monoisotopic (exact) mass is 425 g/mol. The molecule has 7 heteroatoms. The van der Waals surface area contributed by atoms with E-state index in [1.807, 2.05) is 74.0 Å². The van der Waals surface area contributed by atoms with Crippen molar-refractivity contribution in [3.8, 4) is 11.3 Å². The van der Waals surface area contributed by atoms with Gasteiger partial charge in [-0.1, -0.05) is 30.3 Å². The van der Waals surface area contributed by atoms with Gasteiger partial charge in [0, 0.05) is 41.7 Å². The number of aromatic nitrogens is 2. The van der Waals surface area contributed by atoms with Gasteiger partial charge in [0.05, 0.1) is 11.8 Å². The third-order valence-corrected chi connectivity index (χ3v) is 5.44. The Morgan fingerprint density at radius 2 is 1.87 bits per heavy atom. The predicted molar refractivity (Wildman–Crippen MR) is 120 cm³/mol. The second-order valence-corrected chi connectivity index (χ2v) is 8.89. The average molecular weight is 426 g/mol. The fourth-order valence-corrected chi connectivity index (χ4v) is 4.05. The number of aliphatic hydroxyl groups excluding tert-OH is 2. The van der Waals surface area contributed by atoms with Crippen LogP contribution >= 0.6 is 0 Å². The standard InChI is InChI=1S/C24H31N3O4/c1-16(29)20-6-5-12-26-15-21(25-22(20)26)18-9-7-17(8-10-18)14-19(11-13-28)27(23(30)31)24(2,3)4/h5-10,12,15-16,19,28-29H,11,13-14H2,1-4H3,(H,30,31)/t16?,19-/m1/s1. The van der Waals surface area contributed by atoms with Gasteiger partial charge in [0.25, 0.3) is 0 Å². The lowest BCUT2D eigenvalue weighted by atomic mass is 9.96. The maximum Gasteiger partial charge on any atom is 0.407 e. The highest BCUT2D eigenvalue weighted by Crippen LogP contribution is 2.26. The second kappa shape index (κ2) is 9.08. The molecule has 0 saturated heterocycles. The van der Waals surface area contributed by atoms with E-state index in [1.54, 1.807) is 6.92 Å². The molecular formula is C24H31N3O4. The van der Waals surface area contributed by atoms with E-state index >= 15 is 0 Å². The highest BCUT2D eigenvalue weighted by atomic mass is 16.4. The SMILES string of the molecule is CC(O)c1cccn2cc(-c3ccc(C[C@@H](CCO)N(C(=O)O)C(C)(C)C)cc3)nc12. The fourth-order valence-electron chi connectivity index (χ4n) is 4.05. The van der Waals surface area contributed by atoms with Gasteiger partial charge in [-0.2, -0.15) is 0 Å². The van der Waals surface area contributed by atoms with Gasteiger partial charge in [-0.3, -0.25) is 0 Å². The van der Waals surface area contributed by atoms with Crippen LogP contribution in [0.25, 0.3) is 16.9 Å². The fraction of sp³-hybridized carbons (Fsp3) is 0.417. The van der Waals surface area contributed by atoms with E-state index < -0.39 is 17.7 Å². The number of fused-ring (bicyclic) bond motifs is 1. The molecule has 1 aromatic carbocycles. The van der Waals surface area contributed by atoms with Crippen molar-refractivity contribution in [2.24, 2.45) is 0 Å². The Kier molecular flexibility index (Phi) is 6.67. The first-order chi connectivity index (χ1) is 14.6. The number of rotatable bonds is 7. The van der Waals surface area contributed by atoms with Crippen LogP contribution in [0, 0.1) is 0 Å². The highest BCUT2D eigenvalue weighted by Gasteiger charge is 2.32. The van der Waals surface area contributed by atoms with Gasteiger partial charge in [0.15, 0.2) is 0 Å². The number of carboxylic acid groups (broad SMARTS) is 1. The quantitative estimate of drug-likeness (QED) is 0.529. The van der Waals surface area contributed by atoms with E-state index in [9.17, 15) is 20.1 Å². The molecule has 2 aromatic heterocycles. The molecule has 0 saturated carbocycles. The van der Waals surface area contributed by atoms with Crippen molar-refractivity contribution in [3.05, 3.63) is 59.9 Å². The van der Waals surface area contributed by atoms with Gasteiger partial charge in [0.2, 0.25) is 0 Å². The first kappa shape index (κ1) is 22.8. The molecule has 2 atom stereocenters. The Labute approximate surface area is 182 Å². The summed E-state index contributed by atoms with van der Waals surface area (Å²) in [5.74, 6) is 0. The van der Waals surface area contributed by atoms with Crippen LogP contribution in [-0.2, 0) is 6.42 Å². The van der Waals surface area contributed by atoms with Crippen LogP contribution in [0.15, 0.2) is 48.8 Å². The van der Waals surface area contributed by atoms with Crippen molar-refractivity contribution in [2.45, 2.75) is 58.2 Å². The van der Waals surface area contributed by atoms with Gasteiger partial charge in [-0.25, -0.2) is 9.78 Å². The van der Waals surface area contributed by atoms with Gasteiger partial charge in [-0.05, 0) is 52.2 Å². The van der Waals surface area contributed by atoms with Gasteiger partial charge < -0.3 is 24.6 Å². The molecule has 1 unspecified atom stereocenters. The van der Waals surface area contributed by atoms with Crippen molar-refractivity contribution >= 4 is 11.7 Å². The zero-order valence-corrected chi connectivity index (χ0v) is 18.5. The third kappa shape index (κ3) is 5.06. The summed E-state index contributed by atoms with van der Waals surface area (Å²) in [6.07, 6.45) is 3.13. The van der Waals surface area contributed by atoms with Gasteiger partial charge in [0.1, 0.15) is 5.65 Å². The lowest BCUT2D eigenvalue weighted by Crippen LogP contribution is -2.52. The number of imidazole rings is 1. The van der Waals surface area contributed by atoms with Crippen molar-refractivity contribution in [2.75, 3.05) is 6.61 Å². The average Bonchev–Trinajstić information content (AvgIpc) is 3.11. The van der Waals surface area contributed by atoms with Gasteiger partial charge in [-0.15, -0.1) is 0 Å². The van der Waals surface area contributed by atoms with Crippen molar-refractivity contribution in [3.63, 3.8) is 0 Å². The van der Waals surface area contributed by atoms with E-state index in [0.29, 0.717) is 12.8 Å². The number of pyridine rings is 1. The highest BCUT2D eigenvalue weighted by molar-refractivity contribution is 5.67. The second-order valence-electron chi connectivity index (χ2n) is 8.89. The third-order valence-electron chi connectivity index (χ3n) is 5.44. The Balaban J connectivity index is 1.86. The van der Waals surface area contributed by atoms with Crippen molar-refractivity contribution in [1.82, 2.24) is 14.3 Å². The molecule has 3 N–H and O–H groups in total. The largest absolute Gasteiger partial charge is 0.465 e. The van der Waals surface area contributed by atoms with E-state index in [-0.39, 0.29) is 12.6 Å². The van der Waals surface area contributed by atoms with Crippen molar-refractivity contribution < 1.29 is 20.1 Å². The lowest BCUT2D eigenvalue weighted by Gasteiger charge is -2.39. The minimum atomic E-state index is -0.985. The summed E-state index contributed by atoms with van der Waals surface area (Å²) >= 11 is 0. The molecule has 0 radical (unpaired) electrons. The molecule has 31 heavy (non-hydrogen) atoms. The maximum atomic E-state index is 11.9. The Morgan fingerprint density at radius 1 is 1.19 bits per heavy atom. The minimum absolute atomic E-state index is 0.0739. The van der Waals surface area contributed by atoms with Crippen molar-refractivity contribution in [1.29, 1.82) is 0 Å². The molecule has 3 aromatic rings. The number of nitrogens with zero attached hydrogens (tertiary/aromatic N) is 3. The molecule has 0 aliphatic heterocycles. The molecule has 3 rings (SSSR count). The van der Waals surface area contributed by atoms with E-state index in [4.69, 9.17) is 4.98 Å². The first-order valence-corrected chi connectivity index (χ1v) is 10.5. The topological polar surface area (TPSA) is 98.3 Å². The Morgan fingerprint density at radius 3 is 2.42 bits per heavy atom. The molecular weight excluding hydrogens is 394 g/mol. The molecule has 1 amide bonds. The molecule has 0 spiro atoms. The van der Waals surface area contributed by atoms with Gasteiger partial charge >= 0.3 is 6.09 Å². The Hall–Kier alpha value is -2.90. The summed E-state index contributed by atoms with van der Waals surface area (Å²) < 4.78 is 1.90. The number of amides is 1. The van der Waals surface area contributed by atoms with Crippen LogP contribution in [0.3, 0.4) is 0 Å². The summed E-state index contributed by atoms with van der Waals surface area (Å²) in [5.41, 5.74) is 3.66. The van der Waals surface area contributed by atoms with Crippen LogP contribution < -0.4 is 0 Å². The van der Waals surface area contributed by atoms with Crippen LogP contribution in [0.4, 0.5) is 4.79 Å². The minimum Gasteiger partial charge on any atom is -0.465 e. The normalized spacial score (nSPS) is 13.9. The molecule has 7 nitrogen and oxygen atoms in total. The molecule has 2 heterocycles. The molecule has 0 fully saturated rings. The van der Waals surface area contributed by atoms with E-state index in [0.717, 1.165) is 28.0 Å². The summed E-state index contributed by atoms with van der Waals surface area (Å²) in [5, 5.41) is 29.2. The van der Waals surface area contributed by atoms with Crippen LogP contribution in [0.1, 0.15) is 51.3 Å². The zero-order chi connectivity index (χ0) is 22.8. The number of aliphatic hydroxyl groups is 2. The predicted octanol–water partition coefficient (Wildman–Crippen LogP) is 4.13. The summed E-state index contributed by atoms with van der Waals surface area (Å²) in [6.45, 7) is 7.23. The zero-order valence-electron chi connectivity index (χ0n) is 18.5. The number of benzene rings is 1. The molecule has 166 valence electrons. The number of hydrogen-bond donors (Lipinski definition) is 3. The summed E-state index contributed by atoms with van der Waals surface area (Å²) in [7, 11) is 0. The van der Waals surface area contributed by atoms with Crippen LogP contribution in [-0.4, -0.2) is 53.9 Å². The maximum absolute atomic E-state index is 11.9. The van der Waals surface area contributed by atoms with E-state index in [1.165, 1.54) is 4.90 Å². The number of hydrogen-bond acceptors (Lipinski definition) is 4. The van der Waals surface area contributed by atoms with E-state index in [2.05, 4.69) is 0 Å². The summed E-state index contributed by atoms with van der Waals surface area (Å²) in [6, 6.07) is 11.3. The number of carbonyl (C=O) groups is 1. The Bertz CT molecular complexity index is 1040. The molecule has 0 bridgehead atoms. The van der Waals surface area contributed by atoms with Crippen LogP contribution in [0.2, 0.25) is 0 Å². The summed E-state index contributed by atoms with van der Waals surface area (Å²) in [4.78, 5) is 18.0. The smallest absolute Gasteiger partial charge is 0.407 e. The molecule has 0 aliphatic rings. The van der Waals surface area contributed by atoms with Crippen LogP contribution in [0.5, 0.6) is 0 Å². The first-order valence-electron chi connectivity index (χ1n) is 10.5. The lowest BCUT2D eigenvalue weighted by molar-refractivity contribution is 0.0607.